The number of likely N-dealkylation sites (N-methyl/N-ethyl adjacent to an activating group) is 1. The van der Waals surface area contributed by atoms with Crippen LogP contribution < -0.4 is 5.32 Å². The van der Waals surface area contributed by atoms with E-state index in [9.17, 15) is 35.9 Å². The zero-order chi connectivity index (χ0) is 23.6. The summed E-state index contributed by atoms with van der Waals surface area (Å²) in [5.41, 5.74) is -2.62. The minimum Gasteiger partial charge on any atom is -0.327 e. The Bertz CT molecular complexity index is 920. The minimum atomic E-state index is -5.08. The third kappa shape index (κ3) is 5.99. The molecule has 168 valence electrons. The van der Waals surface area contributed by atoms with Crippen molar-refractivity contribution < 1.29 is 35.9 Å². The Morgan fingerprint density at radius 1 is 0.935 bits per heavy atom. The van der Waals surface area contributed by atoms with Crippen molar-refractivity contribution in [1.82, 2.24) is 4.90 Å². The number of benzene rings is 2. The topological polar surface area (TPSA) is 49.4 Å². The number of carbonyl (C=O) groups excluding carboxylic acids is 2. The van der Waals surface area contributed by atoms with Crippen LogP contribution in [0.25, 0.3) is 0 Å². The van der Waals surface area contributed by atoms with Crippen LogP contribution in [0.5, 0.6) is 0 Å². The van der Waals surface area contributed by atoms with Gasteiger partial charge in [0, 0.05) is 17.8 Å². The number of amides is 2. The molecule has 4 nitrogen and oxygen atoms in total. The number of rotatable bonds is 5. The van der Waals surface area contributed by atoms with Gasteiger partial charge in [0.15, 0.2) is 0 Å². The van der Waals surface area contributed by atoms with Crippen molar-refractivity contribution in [2.24, 2.45) is 0 Å². The molecule has 0 aromatic heterocycles. The Morgan fingerprint density at radius 3 is 1.84 bits per heavy atom. The quantitative estimate of drug-likeness (QED) is 0.615. The maximum absolute atomic E-state index is 13.1. The molecule has 0 heterocycles. The summed E-state index contributed by atoms with van der Waals surface area (Å²) >= 11 is 0. The summed E-state index contributed by atoms with van der Waals surface area (Å²) in [6.07, 6.45) is -10.2. The van der Waals surface area contributed by atoms with Crippen molar-refractivity contribution in [3.63, 3.8) is 0 Å². The van der Waals surface area contributed by atoms with E-state index in [1.54, 1.807) is 24.3 Å². The SMILES string of the molecule is CCN(C(=O)c1cc(C(F)(F)F)cc(C(F)(F)F)c1)C(C)C(=O)Nc1ccc(C)cc1. The van der Waals surface area contributed by atoms with Gasteiger partial charge in [0.05, 0.1) is 11.1 Å². The van der Waals surface area contributed by atoms with Gasteiger partial charge in [-0.1, -0.05) is 17.7 Å². The van der Waals surface area contributed by atoms with Crippen molar-refractivity contribution in [1.29, 1.82) is 0 Å². The maximum atomic E-state index is 13.1. The minimum absolute atomic E-state index is 0.0550. The molecular formula is C21H20F6N2O2. The van der Waals surface area contributed by atoms with E-state index < -0.39 is 46.9 Å². The van der Waals surface area contributed by atoms with Crippen LogP contribution in [-0.2, 0) is 17.1 Å². The van der Waals surface area contributed by atoms with Gasteiger partial charge >= 0.3 is 12.4 Å². The molecular weight excluding hydrogens is 426 g/mol. The van der Waals surface area contributed by atoms with Crippen LogP contribution in [0.15, 0.2) is 42.5 Å². The average Bonchev–Trinajstić information content (AvgIpc) is 2.68. The van der Waals surface area contributed by atoms with Gasteiger partial charge in [-0.15, -0.1) is 0 Å². The molecule has 0 aliphatic carbocycles. The third-order valence-corrected chi connectivity index (χ3v) is 4.60. The largest absolute Gasteiger partial charge is 0.416 e. The highest BCUT2D eigenvalue weighted by atomic mass is 19.4. The molecule has 0 radical (unpaired) electrons. The second-order valence-electron chi connectivity index (χ2n) is 6.92. The van der Waals surface area contributed by atoms with E-state index in [2.05, 4.69) is 5.32 Å². The highest BCUT2D eigenvalue weighted by Crippen LogP contribution is 2.36. The lowest BCUT2D eigenvalue weighted by Gasteiger charge is -2.28. The summed E-state index contributed by atoms with van der Waals surface area (Å²) in [5, 5.41) is 2.57. The Morgan fingerprint density at radius 2 is 1.42 bits per heavy atom. The molecule has 2 rings (SSSR count). The number of aryl methyl sites for hydroxylation is 1. The van der Waals surface area contributed by atoms with Crippen molar-refractivity contribution in [2.75, 3.05) is 11.9 Å². The van der Waals surface area contributed by atoms with Crippen molar-refractivity contribution in [3.8, 4) is 0 Å². The van der Waals surface area contributed by atoms with Crippen LogP contribution in [-0.4, -0.2) is 29.3 Å². The molecule has 0 fully saturated rings. The zero-order valence-electron chi connectivity index (χ0n) is 16.9. The lowest BCUT2D eigenvalue weighted by atomic mass is 10.0. The zero-order valence-corrected chi connectivity index (χ0v) is 16.9. The highest BCUT2D eigenvalue weighted by Gasteiger charge is 2.38. The van der Waals surface area contributed by atoms with Crippen LogP contribution in [0, 0.1) is 6.92 Å². The molecule has 1 unspecified atom stereocenters. The van der Waals surface area contributed by atoms with Crippen LogP contribution in [0.4, 0.5) is 32.0 Å². The van der Waals surface area contributed by atoms with Gasteiger partial charge < -0.3 is 10.2 Å². The van der Waals surface area contributed by atoms with E-state index >= 15 is 0 Å². The molecule has 1 atom stereocenters. The summed E-state index contributed by atoms with van der Waals surface area (Å²) < 4.78 is 78.5. The van der Waals surface area contributed by atoms with Crippen LogP contribution in [0.1, 0.15) is 40.9 Å². The molecule has 0 aliphatic rings. The number of nitrogens with one attached hydrogen (secondary N) is 1. The van der Waals surface area contributed by atoms with Crippen molar-refractivity contribution >= 4 is 17.5 Å². The lowest BCUT2D eigenvalue weighted by Crippen LogP contribution is -2.45. The first-order valence-corrected chi connectivity index (χ1v) is 9.22. The van der Waals surface area contributed by atoms with E-state index in [4.69, 9.17) is 0 Å². The van der Waals surface area contributed by atoms with Crippen molar-refractivity contribution in [2.45, 2.75) is 39.2 Å². The van der Waals surface area contributed by atoms with Gasteiger partial charge in [-0.25, -0.2) is 0 Å². The van der Waals surface area contributed by atoms with Crippen LogP contribution in [0.3, 0.4) is 0 Å². The fraction of sp³-hybridized carbons (Fsp3) is 0.333. The van der Waals surface area contributed by atoms with Crippen LogP contribution in [0.2, 0.25) is 0 Å². The summed E-state index contributed by atoms with van der Waals surface area (Å²) in [5.74, 6) is -1.76. The standard InChI is InChI=1S/C21H20F6N2O2/c1-4-29(13(3)18(30)28-17-7-5-12(2)6-8-17)19(31)14-9-15(20(22,23)24)11-16(10-14)21(25,26)27/h5-11,13H,4H2,1-3H3,(H,28,30). The Hall–Kier alpha value is -3.04. The second-order valence-corrected chi connectivity index (χ2v) is 6.92. The van der Waals surface area contributed by atoms with E-state index in [0.29, 0.717) is 17.8 Å². The van der Waals surface area contributed by atoms with Gasteiger partial charge in [-0.05, 0) is 51.1 Å². The molecule has 0 saturated carbocycles. The first kappa shape index (κ1) is 24.2. The summed E-state index contributed by atoms with van der Waals surface area (Å²) in [7, 11) is 0. The monoisotopic (exact) mass is 446 g/mol. The summed E-state index contributed by atoms with van der Waals surface area (Å²) in [4.78, 5) is 26.2. The smallest absolute Gasteiger partial charge is 0.327 e. The fourth-order valence-electron chi connectivity index (χ4n) is 2.86. The van der Waals surface area contributed by atoms with E-state index in [1.807, 2.05) is 6.92 Å². The van der Waals surface area contributed by atoms with E-state index in [-0.39, 0.29) is 12.6 Å². The second kappa shape index (κ2) is 8.99. The number of carbonyl (C=O) groups is 2. The Balaban J connectivity index is 2.35. The Labute approximate surface area is 174 Å². The highest BCUT2D eigenvalue weighted by molar-refractivity contribution is 6.01. The maximum Gasteiger partial charge on any atom is 0.416 e. The van der Waals surface area contributed by atoms with Gasteiger partial charge in [-0.2, -0.15) is 26.3 Å². The van der Waals surface area contributed by atoms with Gasteiger partial charge in [0.2, 0.25) is 5.91 Å². The first-order chi connectivity index (χ1) is 14.2. The number of alkyl halides is 6. The average molecular weight is 446 g/mol. The van der Waals surface area contributed by atoms with Gasteiger partial charge in [0.25, 0.3) is 5.91 Å². The van der Waals surface area contributed by atoms with Crippen LogP contribution >= 0.6 is 0 Å². The lowest BCUT2D eigenvalue weighted by molar-refractivity contribution is -0.143. The summed E-state index contributed by atoms with van der Waals surface area (Å²) in [6.45, 7) is 4.53. The Kier molecular flexibility index (Phi) is 7.03. The summed E-state index contributed by atoms with van der Waals surface area (Å²) in [6, 6.07) is 6.23. The molecule has 0 bridgehead atoms. The molecule has 31 heavy (non-hydrogen) atoms. The first-order valence-electron chi connectivity index (χ1n) is 9.22. The fourth-order valence-corrected chi connectivity index (χ4v) is 2.86. The predicted molar refractivity (Wildman–Crippen MR) is 102 cm³/mol. The molecule has 0 spiro atoms. The molecule has 2 aromatic rings. The number of anilines is 1. The predicted octanol–water partition coefficient (Wildman–Crippen LogP) is 5.52. The normalized spacial score (nSPS) is 12.9. The number of nitrogens with zero attached hydrogens (tertiary/aromatic N) is 1. The van der Waals surface area contributed by atoms with Crippen molar-refractivity contribution in [3.05, 3.63) is 64.7 Å². The molecule has 0 aliphatic heterocycles. The number of halogens is 6. The number of hydrogen-bond donors (Lipinski definition) is 1. The van der Waals surface area contributed by atoms with Gasteiger partial charge in [-0.3, -0.25) is 9.59 Å². The molecule has 1 N–H and O–H groups in total. The number of hydrogen-bond acceptors (Lipinski definition) is 2. The molecule has 0 saturated heterocycles. The molecule has 2 aromatic carbocycles. The van der Waals surface area contributed by atoms with E-state index in [1.165, 1.54) is 13.8 Å². The molecule has 10 heteroatoms. The van der Waals surface area contributed by atoms with Gasteiger partial charge in [0.1, 0.15) is 6.04 Å². The van der Waals surface area contributed by atoms with E-state index in [0.717, 1.165) is 10.5 Å². The molecule has 2 amide bonds. The third-order valence-electron chi connectivity index (χ3n) is 4.60.